The highest BCUT2D eigenvalue weighted by molar-refractivity contribution is 5.71. The van der Waals surface area contributed by atoms with Crippen molar-refractivity contribution in [3.05, 3.63) is 24.3 Å². The zero-order chi connectivity index (χ0) is 42.3. The highest BCUT2D eigenvalue weighted by atomic mass is 16.6. The first-order valence-electron chi connectivity index (χ1n) is 25.3. The van der Waals surface area contributed by atoms with E-state index in [0.717, 1.165) is 64.2 Å². The lowest BCUT2D eigenvalue weighted by Gasteiger charge is -2.18. The van der Waals surface area contributed by atoms with Gasteiger partial charge in [-0.3, -0.25) is 14.4 Å². The number of allylic oxidation sites excluding steroid dienone is 4. The minimum atomic E-state index is -0.770. The predicted octanol–water partition coefficient (Wildman–Crippen LogP) is 16.4. The molecule has 0 aliphatic rings. The van der Waals surface area contributed by atoms with E-state index in [-0.39, 0.29) is 31.1 Å². The normalized spacial score (nSPS) is 12.1. The van der Waals surface area contributed by atoms with Crippen molar-refractivity contribution in [1.82, 2.24) is 0 Å². The molecule has 0 saturated heterocycles. The minimum Gasteiger partial charge on any atom is -0.462 e. The minimum absolute atomic E-state index is 0.0727. The lowest BCUT2D eigenvalue weighted by molar-refractivity contribution is -0.167. The Bertz CT molecular complexity index is 942. The number of unbranched alkanes of at least 4 members (excludes halogenated alkanes) is 31. The van der Waals surface area contributed by atoms with Gasteiger partial charge in [0.15, 0.2) is 6.10 Å². The Morgan fingerprint density at radius 3 is 0.914 bits per heavy atom. The molecule has 58 heavy (non-hydrogen) atoms. The van der Waals surface area contributed by atoms with E-state index >= 15 is 0 Å². The Morgan fingerprint density at radius 1 is 0.328 bits per heavy atom. The van der Waals surface area contributed by atoms with Crippen LogP contribution in [0, 0.1) is 0 Å². The smallest absolute Gasteiger partial charge is 0.306 e. The molecule has 0 fully saturated rings. The second-order valence-electron chi connectivity index (χ2n) is 17.1. The Hall–Kier alpha value is -2.11. The Balaban J connectivity index is 4.35. The molecule has 0 amide bonds. The fourth-order valence-corrected chi connectivity index (χ4v) is 7.31. The summed E-state index contributed by atoms with van der Waals surface area (Å²) < 4.78 is 16.8. The van der Waals surface area contributed by atoms with Gasteiger partial charge in [0.05, 0.1) is 0 Å². The van der Waals surface area contributed by atoms with E-state index in [1.807, 2.05) is 0 Å². The number of ether oxygens (including phenoxy) is 3. The molecule has 6 heteroatoms. The highest BCUT2D eigenvalue weighted by Gasteiger charge is 2.19. The van der Waals surface area contributed by atoms with Crippen LogP contribution < -0.4 is 0 Å². The maximum atomic E-state index is 12.8. The monoisotopic (exact) mass is 817 g/mol. The maximum absolute atomic E-state index is 12.8. The van der Waals surface area contributed by atoms with Crippen LogP contribution in [0.15, 0.2) is 24.3 Å². The van der Waals surface area contributed by atoms with Gasteiger partial charge < -0.3 is 14.2 Å². The van der Waals surface area contributed by atoms with Crippen LogP contribution in [0.2, 0.25) is 0 Å². The van der Waals surface area contributed by atoms with Crippen molar-refractivity contribution in [2.75, 3.05) is 13.2 Å². The van der Waals surface area contributed by atoms with Crippen molar-refractivity contribution in [3.8, 4) is 0 Å². The summed E-state index contributed by atoms with van der Waals surface area (Å²) in [7, 11) is 0. The zero-order valence-corrected chi connectivity index (χ0v) is 38.8. The molecule has 0 aromatic carbocycles. The quantitative estimate of drug-likeness (QED) is 0.0263. The van der Waals surface area contributed by atoms with Crippen LogP contribution in [-0.4, -0.2) is 37.2 Å². The molecule has 0 aromatic rings. The summed E-state index contributed by atoms with van der Waals surface area (Å²) in [4.78, 5) is 37.9. The van der Waals surface area contributed by atoms with Gasteiger partial charge in [0.1, 0.15) is 13.2 Å². The van der Waals surface area contributed by atoms with Crippen LogP contribution in [-0.2, 0) is 28.6 Å². The van der Waals surface area contributed by atoms with E-state index in [9.17, 15) is 14.4 Å². The molecule has 0 N–H and O–H groups in total. The van der Waals surface area contributed by atoms with Crippen LogP contribution in [0.3, 0.4) is 0 Å². The fourth-order valence-electron chi connectivity index (χ4n) is 7.31. The van der Waals surface area contributed by atoms with Crippen molar-refractivity contribution in [2.24, 2.45) is 0 Å². The van der Waals surface area contributed by atoms with Crippen LogP contribution >= 0.6 is 0 Å². The summed E-state index contributed by atoms with van der Waals surface area (Å²) in [6.07, 6.45) is 52.9. The molecule has 0 heterocycles. The van der Waals surface area contributed by atoms with E-state index < -0.39 is 6.10 Å². The second kappa shape index (κ2) is 47.6. The molecule has 0 saturated carbocycles. The molecule has 0 aliphatic heterocycles. The zero-order valence-electron chi connectivity index (χ0n) is 38.8. The summed E-state index contributed by atoms with van der Waals surface area (Å²) in [5.41, 5.74) is 0. The summed E-state index contributed by atoms with van der Waals surface area (Å²) >= 11 is 0. The van der Waals surface area contributed by atoms with Gasteiger partial charge in [-0.25, -0.2) is 0 Å². The van der Waals surface area contributed by atoms with Crippen molar-refractivity contribution >= 4 is 17.9 Å². The average molecular weight is 817 g/mol. The third-order valence-electron chi connectivity index (χ3n) is 11.2. The molecule has 0 rings (SSSR count). The Labute approximate surface area is 360 Å². The molecular formula is C52H96O6. The van der Waals surface area contributed by atoms with Gasteiger partial charge in [-0.05, 0) is 70.6 Å². The van der Waals surface area contributed by atoms with E-state index in [2.05, 4.69) is 45.1 Å². The van der Waals surface area contributed by atoms with Gasteiger partial charge in [-0.1, -0.05) is 206 Å². The third kappa shape index (κ3) is 45.0. The molecule has 1 unspecified atom stereocenters. The Kier molecular flexibility index (Phi) is 45.8. The number of carbonyl (C=O) groups excluding carboxylic acids is 3. The molecule has 0 radical (unpaired) electrons. The first-order valence-corrected chi connectivity index (χ1v) is 25.3. The molecule has 0 aliphatic carbocycles. The average Bonchev–Trinajstić information content (AvgIpc) is 3.22. The van der Waals surface area contributed by atoms with E-state index in [4.69, 9.17) is 14.2 Å². The van der Waals surface area contributed by atoms with Crippen molar-refractivity contribution < 1.29 is 28.6 Å². The third-order valence-corrected chi connectivity index (χ3v) is 11.2. The molecule has 340 valence electrons. The Morgan fingerprint density at radius 2 is 0.569 bits per heavy atom. The largest absolute Gasteiger partial charge is 0.462 e. The van der Waals surface area contributed by atoms with Gasteiger partial charge in [-0.2, -0.15) is 0 Å². The fraction of sp³-hybridized carbons (Fsp3) is 0.865. The van der Waals surface area contributed by atoms with Crippen LogP contribution in [0.25, 0.3) is 0 Å². The van der Waals surface area contributed by atoms with E-state index in [1.165, 1.54) is 167 Å². The standard InChI is InChI=1S/C52H96O6/c1-4-7-10-13-16-19-22-25-26-28-30-33-36-39-42-45-51(54)57-48-49(47-56-50(53)44-41-38-35-32-29-24-21-18-15-12-9-6-3)58-52(55)46-43-40-37-34-31-27-23-20-17-14-11-8-5-2/h18-19,21-22,49H,4-17,20,23-48H2,1-3H3/b21-18-,22-19-. The van der Waals surface area contributed by atoms with Gasteiger partial charge in [0, 0.05) is 19.3 Å². The topological polar surface area (TPSA) is 78.9 Å². The van der Waals surface area contributed by atoms with Crippen LogP contribution in [0.5, 0.6) is 0 Å². The lowest BCUT2D eigenvalue weighted by Crippen LogP contribution is -2.30. The molecule has 0 aromatic heterocycles. The van der Waals surface area contributed by atoms with E-state index in [0.29, 0.717) is 19.3 Å². The lowest BCUT2D eigenvalue weighted by atomic mass is 10.0. The number of hydrogen-bond donors (Lipinski definition) is 0. The van der Waals surface area contributed by atoms with Gasteiger partial charge in [0.2, 0.25) is 0 Å². The van der Waals surface area contributed by atoms with Gasteiger partial charge >= 0.3 is 17.9 Å². The van der Waals surface area contributed by atoms with E-state index in [1.54, 1.807) is 0 Å². The van der Waals surface area contributed by atoms with Crippen molar-refractivity contribution in [1.29, 1.82) is 0 Å². The number of esters is 3. The van der Waals surface area contributed by atoms with Crippen molar-refractivity contribution in [3.63, 3.8) is 0 Å². The number of carbonyl (C=O) groups is 3. The first-order chi connectivity index (χ1) is 28.5. The maximum Gasteiger partial charge on any atom is 0.306 e. The molecular weight excluding hydrogens is 721 g/mol. The summed E-state index contributed by atoms with van der Waals surface area (Å²) in [6.45, 7) is 6.61. The summed E-state index contributed by atoms with van der Waals surface area (Å²) in [6, 6.07) is 0. The second-order valence-corrected chi connectivity index (χ2v) is 17.1. The van der Waals surface area contributed by atoms with Gasteiger partial charge in [0.25, 0.3) is 0 Å². The molecule has 1 atom stereocenters. The predicted molar refractivity (Wildman–Crippen MR) is 247 cm³/mol. The number of rotatable bonds is 46. The molecule has 6 nitrogen and oxygen atoms in total. The molecule has 0 bridgehead atoms. The van der Waals surface area contributed by atoms with Gasteiger partial charge in [-0.15, -0.1) is 0 Å². The number of hydrogen-bond acceptors (Lipinski definition) is 6. The molecule has 0 spiro atoms. The van der Waals surface area contributed by atoms with Crippen LogP contribution in [0.4, 0.5) is 0 Å². The van der Waals surface area contributed by atoms with Crippen LogP contribution in [0.1, 0.15) is 271 Å². The SMILES string of the molecule is CCCCC/C=C\CCCCCCCC(=O)OCC(COC(=O)CCCCCCCCC/C=C\CCCCCC)OC(=O)CCCCCCCCCCCCCCC. The highest BCUT2D eigenvalue weighted by Crippen LogP contribution is 2.15. The summed E-state index contributed by atoms with van der Waals surface area (Å²) in [5.74, 6) is -0.875. The first kappa shape index (κ1) is 55.9. The summed E-state index contributed by atoms with van der Waals surface area (Å²) in [5, 5.41) is 0. The van der Waals surface area contributed by atoms with Crippen molar-refractivity contribution in [2.45, 2.75) is 277 Å².